The van der Waals surface area contributed by atoms with Crippen LogP contribution in [-0.2, 0) is 9.59 Å². The molecule has 1 amide bonds. The summed E-state index contributed by atoms with van der Waals surface area (Å²) in [7, 11) is 1.56. The third-order valence-electron chi connectivity index (χ3n) is 3.43. The van der Waals surface area contributed by atoms with Crippen LogP contribution in [0.5, 0.6) is 11.5 Å². The van der Waals surface area contributed by atoms with Crippen molar-refractivity contribution in [2.24, 2.45) is 0 Å². The molecule has 1 fully saturated rings. The zero-order chi connectivity index (χ0) is 18.4. The van der Waals surface area contributed by atoms with E-state index in [1.165, 1.54) is 16.7 Å². The number of amides is 1. The minimum atomic E-state index is -0.887. The number of carboxylic acid groups (broad SMARTS) is 1. The molecule has 0 saturated carbocycles. The summed E-state index contributed by atoms with van der Waals surface area (Å²) in [6, 6.07) is 5.42. The van der Waals surface area contributed by atoms with Crippen molar-refractivity contribution in [1.82, 2.24) is 4.90 Å². The van der Waals surface area contributed by atoms with Crippen molar-refractivity contribution in [1.29, 1.82) is 0 Å². The Morgan fingerprint density at radius 2 is 2.16 bits per heavy atom. The fraction of sp³-hybridized carbons (Fsp3) is 0.353. The molecule has 1 heterocycles. The van der Waals surface area contributed by atoms with Gasteiger partial charge in [-0.05, 0) is 37.1 Å². The molecular formula is C17H19NO5S2. The second kappa shape index (κ2) is 8.87. The number of thiocarbonyl (C=S) groups is 1. The molecule has 0 radical (unpaired) electrons. The molecule has 2 rings (SSSR count). The number of hydrogen-bond donors (Lipinski definition) is 1. The highest BCUT2D eigenvalue weighted by molar-refractivity contribution is 8.26. The van der Waals surface area contributed by atoms with Crippen LogP contribution in [0, 0.1) is 0 Å². The summed E-state index contributed by atoms with van der Waals surface area (Å²) in [5.74, 6) is 0.145. The molecule has 1 aromatic rings. The lowest BCUT2D eigenvalue weighted by Gasteiger charge is -2.13. The molecule has 1 aliphatic rings. The predicted octanol–water partition coefficient (Wildman–Crippen LogP) is 3.16. The van der Waals surface area contributed by atoms with E-state index in [2.05, 4.69) is 0 Å². The van der Waals surface area contributed by atoms with E-state index in [0.717, 1.165) is 5.56 Å². The van der Waals surface area contributed by atoms with Crippen molar-refractivity contribution in [3.63, 3.8) is 0 Å². The van der Waals surface area contributed by atoms with Crippen molar-refractivity contribution in [2.45, 2.75) is 19.8 Å². The highest BCUT2D eigenvalue weighted by atomic mass is 32.2. The van der Waals surface area contributed by atoms with Crippen molar-refractivity contribution in [3.8, 4) is 11.5 Å². The molecule has 0 spiro atoms. The summed E-state index contributed by atoms with van der Waals surface area (Å²) in [6.45, 7) is 2.73. The minimum absolute atomic E-state index is 0.00615. The molecule has 1 aliphatic heterocycles. The minimum Gasteiger partial charge on any atom is -0.493 e. The van der Waals surface area contributed by atoms with Gasteiger partial charge in [0.15, 0.2) is 11.5 Å². The number of nitrogens with zero attached hydrogens (tertiary/aromatic N) is 1. The quantitative estimate of drug-likeness (QED) is 0.547. The SMILES string of the molecule is CCOc1ccc(/C=C2\SC(=S)N(CCCC(=O)O)C2=O)cc1OC. The number of hydrogen-bond acceptors (Lipinski definition) is 6. The smallest absolute Gasteiger partial charge is 0.303 e. The van der Waals surface area contributed by atoms with Gasteiger partial charge in [0, 0.05) is 13.0 Å². The first kappa shape index (κ1) is 19.3. The topological polar surface area (TPSA) is 76.1 Å². The molecule has 1 N–H and O–H groups in total. The average molecular weight is 381 g/mol. The molecule has 0 atom stereocenters. The number of carbonyl (C=O) groups is 2. The lowest BCUT2D eigenvalue weighted by molar-refractivity contribution is -0.137. The van der Waals surface area contributed by atoms with Crippen molar-refractivity contribution < 1.29 is 24.2 Å². The second-order valence-electron chi connectivity index (χ2n) is 5.17. The van der Waals surface area contributed by atoms with Gasteiger partial charge in [-0.1, -0.05) is 30.0 Å². The standard InChI is InChI=1S/C17H19NO5S2/c1-3-23-12-7-6-11(9-13(12)22-2)10-14-16(21)18(17(24)25-14)8-4-5-15(19)20/h6-7,9-10H,3-5,8H2,1-2H3,(H,19,20)/b14-10-. The number of thioether (sulfide) groups is 1. The van der Waals surface area contributed by atoms with E-state index in [0.29, 0.717) is 40.3 Å². The van der Waals surface area contributed by atoms with E-state index in [1.54, 1.807) is 25.3 Å². The van der Waals surface area contributed by atoms with Gasteiger partial charge < -0.3 is 14.6 Å². The van der Waals surface area contributed by atoms with Gasteiger partial charge in [0.1, 0.15) is 4.32 Å². The van der Waals surface area contributed by atoms with E-state index in [4.69, 9.17) is 26.8 Å². The van der Waals surface area contributed by atoms with Gasteiger partial charge in [-0.15, -0.1) is 0 Å². The normalized spacial score (nSPS) is 15.8. The van der Waals surface area contributed by atoms with Crippen LogP contribution in [0.25, 0.3) is 6.08 Å². The summed E-state index contributed by atoms with van der Waals surface area (Å²) in [6.07, 6.45) is 2.12. The van der Waals surface area contributed by atoms with Gasteiger partial charge in [0.05, 0.1) is 18.6 Å². The Morgan fingerprint density at radius 3 is 2.80 bits per heavy atom. The van der Waals surface area contributed by atoms with Crippen LogP contribution in [0.2, 0.25) is 0 Å². The number of carboxylic acids is 1. The Labute approximate surface area is 155 Å². The molecule has 1 aromatic carbocycles. The number of carbonyl (C=O) groups excluding carboxylic acids is 1. The number of benzene rings is 1. The summed E-state index contributed by atoms with van der Waals surface area (Å²) in [5.41, 5.74) is 0.798. The van der Waals surface area contributed by atoms with E-state index in [-0.39, 0.29) is 12.3 Å². The van der Waals surface area contributed by atoms with E-state index in [9.17, 15) is 9.59 Å². The van der Waals surface area contributed by atoms with E-state index in [1.807, 2.05) is 13.0 Å². The molecule has 1 saturated heterocycles. The van der Waals surface area contributed by atoms with Crippen LogP contribution in [0.4, 0.5) is 0 Å². The maximum Gasteiger partial charge on any atom is 0.303 e. The number of rotatable bonds is 8. The lowest BCUT2D eigenvalue weighted by Crippen LogP contribution is -2.29. The maximum absolute atomic E-state index is 12.5. The molecule has 6 nitrogen and oxygen atoms in total. The Kier molecular flexibility index (Phi) is 6.83. The summed E-state index contributed by atoms with van der Waals surface area (Å²) in [4.78, 5) is 25.0. The number of methoxy groups -OCH3 is 1. The Hall–Kier alpha value is -2.06. The van der Waals surface area contributed by atoms with Crippen LogP contribution in [0.1, 0.15) is 25.3 Å². The van der Waals surface area contributed by atoms with Gasteiger partial charge in [-0.2, -0.15) is 0 Å². The van der Waals surface area contributed by atoms with Gasteiger partial charge in [0.2, 0.25) is 0 Å². The lowest BCUT2D eigenvalue weighted by atomic mass is 10.2. The molecule has 134 valence electrons. The Balaban J connectivity index is 2.14. The Morgan fingerprint density at radius 1 is 1.40 bits per heavy atom. The second-order valence-corrected chi connectivity index (χ2v) is 6.85. The molecule has 0 aromatic heterocycles. The average Bonchev–Trinajstić information content (AvgIpc) is 2.83. The highest BCUT2D eigenvalue weighted by Crippen LogP contribution is 2.34. The van der Waals surface area contributed by atoms with Crippen LogP contribution in [0.15, 0.2) is 23.1 Å². The van der Waals surface area contributed by atoms with Crippen molar-refractivity contribution in [2.75, 3.05) is 20.3 Å². The third kappa shape index (κ3) is 4.96. The van der Waals surface area contributed by atoms with Gasteiger partial charge >= 0.3 is 5.97 Å². The van der Waals surface area contributed by atoms with Crippen LogP contribution in [-0.4, -0.2) is 46.5 Å². The summed E-state index contributed by atoms with van der Waals surface area (Å²) < 4.78 is 11.2. The van der Waals surface area contributed by atoms with Gasteiger partial charge in [-0.3, -0.25) is 14.5 Å². The first-order valence-corrected chi connectivity index (χ1v) is 8.96. The highest BCUT2D eigenvalue weighted by Gasteiger charge is 2.31. The van der Waals surface area contributed by atoms with E-state index >= 15 is 0 Å². The fourth-order valence-electron chi connectivity index (χ4n) is 2.28. The van der Waals surface area contributed by atoms with Crippen molar-refractivity contribution >= 4 is 46.3 Å². The largest absolute Gasteiger partial charge is 0.493 e. The van der Waals surface area contributed by atoms with E-state index < -0.39 is 5.97 Å². The first-order chi connectivity index (χ1) is 12.0. The number of aliphatic carboxylic acids is 1. The first-order valence-electron chi connectivity index (χ1n) is 7.74. The summed E-state index contributed by atoms with van der Waals surface area (Å²) >= 11 is 6.44. The van der Waals surface area contributed by atoms with Crippen LogP contribution < -0.4 is 9.47 Å². The summed E-state index contributed by atoms with van der Waals surface area (Å²) in [5, 5.41) is 8.70. The monoisotopic (exact) mass is 381 g/mol. The van der Waals surface area contributed by atoms with Gasteiger partial charge in [0.25, 0.3) is 5.91 Å². The molecular weight excluding hydrogens is 362 g/mol. The molecule has 8 heteroatoms. The van der Waals surface area contributed by atoms with Crippen LogP contribution >= 0.6 is 24.0 Å². The fourth-order valence-corrected chi connectivity index (χ4v) is 3.59. The molecule has 25 heavy (non-hydrogen) atoms. The van der Waals surface area contributed by atoms with Crippen molar-refractivity contribution in [3.05, 3.63) is 28.7 Å². The Bertz CT molecular complexity index is 717. The molecule has 0 unspecified atom stereocenters. The third-order valence-corrected chi connectivity index (χ3v) is 4.81. The van der Waals surface area contributed by atoms with Gasteiger partial charge in [-0.25, -0.2) is 0 Å². The zero-order valence-corrected chi connectivity index (χ0v) is 15.6. The molecule has 0 aliphatic carbocycles. The molecule has 0 bridgehead atoms. The number of ether oxygens (including phenoxy) is 2. The predicted molar refractivity (Wildman–Crippen MR) is 101 cm³/mol. The maximum atomic E-state index is 12.5. The van der Waals surface area contributed by atoms with Crippen LogP contribution in [0.3, 0.4) is 0 Å². The zero-order valence-electron chi connectivity index (χ0n) is 14.0.